The Kier molecular flexibility index (Phi) is 4.84. The van der Waals surface area contributed by atoms with Gasteiger partial charge in [-0.3, -0.25) is 14.8 Å². The number of carbonyl (C=O) groups is 1. The molecule has 1 saturated heterocycles. The second-order valence-corrected chi connectivity index (χ2v) is 7.53. The van der Waals surface area contributed by atoms with Crippen LogP contribution in [0.5, 0.6) is 0 Å². The molecule has 0 radical (unpaired) electrons. The lowest BCUT2D eigenvalue weighted by Crippen LogP contribution is -2.33. The van der Waals surface area contributed by atoms with Gasteiger partial charge in [0.1, 0.15) is 5.82 Å². The Labute approximate surface area is 155 Å². The largest absolute Gasteiger partial charge is 0.338 e. The van der Waals surface area contributed by atoms with Crippen LogP contribution in [-0.2, 0) is 0 Å². The number of aromatic nitrogens is 2. The average molecular weight is 367 g/mol. The van der Waals surface area contributed by atoms with E-state index in [9.17, 15) is 9.18 Å². The molecule has 1 amide bonds. The molecule has 0 aliphatic carbocycles. The molecular formula is C20H18FN3OS. The van der Waals surface area contributed by atoms with E-state index in [1.54, 1.807) is 42.4 Å². The number of benzene rings is 2. The van der Waals surface area contributed by atoms with Crippen LogP contribution in [0.1, 0.15) is 27.6 Å². The highest BCUT2D eigenvalue weighted by Crippen LogP contribution is 2.35. The molecule has 2 aromatic carbocycles. The van der Waals surface area contributed by atoms with Crippen LogP contribution < -0.4 is 0 Å². The maximum absolute atomic E-state index is 14.1. The minimum Gasteiger partial charge on any atom is -0.338 e. The molecule has 1 aliphatic rings. The van der Waals surface area contributed by atoms with Crippen LogP contribution in [0.4, 0.5) is 4.39 Å². The van der Waals surface area contributed by atoms with E-state index < -0.39 is 0 Å². The zero-order valence-corrected chi connectivity index (χ0v) is 15.0. The maximum Gasteiger partial charge on any atom is 0.253 e. The molecule has 3 aromatic rings. The lowest BCUT2D eigenvalue weighted by molar-refractivity contribution is 0.0766. The van der Waals surface area contributed by atoms with Crippen molar-refractivity contribution in [2.24, 2.45) is 0 Å². The summed E-state index contributed by atoms with van der Waals surface area (Å²) in [7, 11) is 0. The van der Waals surface area contributed by atoms with Crippen molar-refractivity contribution < 1.29 is 9.18 Å². The fraction of sp³-hybridized carbons (Fsp3) is 0.250. The Morgan fingerprint density at radius 1 is 1.08 bits per heavy atom. The summed E-state index contributed by atoms with van der Waals surface area (Å²) >= 11 is 1.71. The summed E-state index contributed by atoms with van der Waals surface area (Å²) in [4.78, 5) is 23.3. The molecule has 1 atom stereocenters. The van der Waals surface area contributed by atoms with Gasteiger partial charge in [-0.25, -0.2) is 4.39 Å². The first-order valence-electron chi connectivity index (χ1n) is 8.58. The van der Waals surface area contributed by atoms with Crippen LogP contribution >= 0.6 is 11.8 Å². The van der Waals surface area contributed by atoms with Gasteiger partial charge in [0.25, 0.3) is 5.91 Å². The van der Waals surface area contributed by atoms with Gasteiger partial charge in [-0.05, 0) is 30.7 Å². The minimum atomic E-state index is -0.169. The number of amides is 1. The van der Waals surface area contributed by atoms with Gasteiger partial charge in [0.05, 0.1) is 11.0 Å². The molecule has 0 N–H and O–H groups in total. The highest BCUT2D eigenvalue weighted by atomic mass is 32.2. The molecule has 2 heterocycles. The minimum absolute atomic E-state index is 0.00710. The molecule has 4 nitrogen and oxygen atoms in total. The van der Waals surface area contributed by atoms with Gasteiger partial charge in [0.15, 0.2) is 0 Å². The van der Waals surface area contributed by atoms with Gasteiger partial charge in [-0.1, -0.05) is 18.2 Å². The van der Waals surface area contributed by atoms with Crippen molar-refractivity contribution in [3.05, 3.63) is 71.8 Å². The number of hydrogen-bond acceptors (Lipinski definition) is 4. The fourth-order valence-corrected chi connectivity index (χ4v) is 4.49. The first-order valence-corrected chi connectivity index (χ1v) is 9.63. The molecule has 1 fully saturated rings. The van der Waals surface area contributed by atoms with Crippen LogP contribution in [0.2, 0.25) is 0 Å². The zero-order valence-electron chi connectivity index (χ0n) is 14.1. The Bertz CT molecular complexity index is 949. The summed E-state index contributed by atoms with van der Waals surface area (Å²) in [6.07, 6.45) is 4.00. The van der Waals surface area contributed by atoms with E-state index in [1.165, 1.54) is 6.07 Å². The summed E-state index contributed by atoms with van der Waals surface area (Å²) in [5, 5.41) is 0.0801. The monoisotopic (exact) mass is 367 g/mol. The van der Waals surface area contributed by atoms with Crippen LogP contribution in [-0.4, -0.2) is 39.6 Å². The lowest BCUT2D eigenvalue weighted by Gasteiger charge is -2.20. The predicted molar refractivity (Wildman–Crippen MR) is 102 cm³/mol. The maximum atomic E-state index is 14.1. The van der Waals surface area contributed by atoms with Crippen molar-refractivity contribution in [3.8, 4) is 0 Å². The van der Waals surface area contributed by atoms with Crippen LogP contribution in [0.15, 0.2) is 54.9 Å². The second kappa shape index (κ2) is 7.41. The third kappa shape index (κ3) is 3.42. The molecule has 0 bridgehead atoms. The average Bonchev–Trinajstić information content (AvgIpc) is 2.93. The van der Waals surface area contributed by atoms with Gasteiger partial charge >= 0.3 is 0 Å². The van der Waals surface area contributed by atoms with Gasteiger partial charge in [0, 0.05) is 47.6 Å². The van der Waals surface area contributed by atoms with E-state index >= 15 is 0 Å². The van der Waals surface area contributed by atoms with E-state index in [2.05, 4.69) is 9.97 Å². The summed E-state index contributed by atoms with van der Waals surface area (Å²) in [5.74, 6) is 0.614. The number of carbonyl (C=O) groups excluding carboxylic acids is 1. The number of fused-ring (bicyclic) bond motifs is 1. The van der Waals surface area contributed by atoms with Crippen molar-refractivity contribution in [1.29, 1.82) is 0 Å². The fourth-order valence-electron chi connectivity index (χ4n) is 3.24. The van der Waals surface area contributed by atoms with E-state index in [0.717, 1.165) is 23.3 Å². The third-order valence-corrected chi connectivity index (χ3v) is 5.91. The quantitative estimate of drug-likeness (QED) is 0.684. The first-order chi connectivity index (χ1) is 12.7. The highest BCUT2D eigenvalue weighted by molar-refractivity contribution is 7.99. The molecule has 0 saturated carbocycles. The molecule has 1 aliphatic heterocycles. The Balaban J connectivity index is 1.51. The van der Waals surface area contributed by atoms with Crippen molar-refractivity contribution >= 4 is 28.7 Å². The summed E-state index contributed by atoms with van der Waals surface area (Å²) in [6, 6.07) is 12.3. The standard InChI is InChI=1S/C20H18FN3OS/c21-16-4-2-1-3-15(16)19-7-10-24(11-12-26-19)20(25)14-5-6-17-18(13-14)23-9-8-22-17/h1-6,8-9,13,19H,7,10-12H2/t19-/m1/s1. The Morgan fingerprint density at radius 2 is 1.88 bits per heavy atom. The number of rotatable bonds is 2. The van der Waals surface area contributed by atoms with Crippen LogP contribution in [0, 0.1) is 5.82 Å². The summed E-state index contributed by atoms with van der Waals surface area (Å²) in [5.41, 5.74) is 2.84. The molecule has 0 unspecified atom stereocenters. The Hall–Kier alpha value is -2.47. The smallest absolute Gasteiger partial charge is 0.253 e. The van der Waals surface area contributed by atoms with Gasteiger partial charge < -0.3 is 4.90 Å². The predicted octanol–water partition coefficient (Wildman–Crippen LogP) is 4.09. The SMILES string of the molecule is O=C(c1ccc2nccnc2c1)N1CCS[C@@H](c2ccccc2F)CC1. The summed E-state index contributed by atoms with van der Waals surface area (Å²) in [6.45, 7) is 1.27. The van der Waals surface area contributed by atoms with E-state index in [0.29, 0.717) is 24.2 Å². The van der Waals surface area contributed by atoms with Crippen molar-refractivity contribution in [2.45, 2.75) is 11.7 Å². The van der Waals surface area contributed by atoms with Crippen LogP contribution in [0.25, 0.3) is 11.0 Å². The van der Waals surface area contributed by atoms with Gasteiger partial charge in [-0.2, -0.15) is 11.8 Å². The van der Waals surface area contributed by atoms with Crippen molar-refractivity contribution in [3.63, 3.8) is 0 Å². The molecule has 4 rings (SSSR count). The molecule has 132 valence electrons. The zero-order chi connectivity index (χ0) is 17.9. The van der Waals surface area contributed by atoms with E-state index in [1.807, 2.05) is 23.1 Å². The Morgan fingerprint density at radius 3 is 2.73 bits per heavy atom. The van der Waals surface area contributed by atoms with Gasteiger partial charge in [0.2, 0.25) is 0 Å². The normalized spacial score (nSPS) is 17.9. The third-order valence-electron chi connectivity index (χ3n) is 4.60. The second-order valence-electron chi connectivity index (χ2n) is 6.22. The number of nitrogens with zero attached hydrogens (tertiary/aromatic N) is 3. The van der Waals surface area contributed by atoms with Crippen molar-refractivity contribution in [1.82, 2.24) is 14.9 Å². The number of thioether (sulfide) groups is 1. The number of hydrogen-bond donors (Lipinski definition) is 0. The lowest BCUT2D eigenvalue weighted by atomic mass is 10.1. The molecule has 6 heteroatoms. The molecule has 26 heavy (non-hydrogen) atoms. The molecule has 0 spiro atoms. The van der Waals surface area contributed by atoms with Gasteiger partial charge in [-0.15, -0.1) is 0 Å². The topological polar surface area (TPSA) is 46.1 Å². The molecule has 1 aromatic heterocycles. The highest BCUT2D eigenvalue weighted by Gasteiger charge is 2.24. The van der Waals surface area contributed by atoms with E-state index in [4.69, 9.17) is 0 Å². The first kappa shape index (κ1) is 17.0. The van der Waals surface area contributed by atoms with E-state index in [-0.39, 0.29) is 17.0 Å². The summed E-state index contributed by atoms with van der Waals surface area (Å²) < 4.78 is 14.1. The number of halogens is 1. The van der Waals surface area contributed by atoms with Crippen molar-refractivity contribution in [2.75, 3.05) is 18.8 Å². The molecular weight excluding hydrogens is 349 g/mol. The van der Waals surface area contributed by atoms with Crippen LogP contribution in [0.3, 0.4) is 0 Å².